The summed E-state index contributed by atoms with van der Waals surface area (Å²) in [7, 11) is 0. The molecular formula is C22H30O4. The highest BCUT2D eigenvalue weighted by Gasteiger charge is 2.12. The fourth-order valence-corrected chi connectivity index (χ4v) is 3.21. The van der Waals surface area contributed by atoms with Crippen LogP contribution in [0.2, 0.25) is 0 Å². The molecule has 0 aliphatic rings. The number of carbonyl (C=O) groups is 1. The second kappa shape index (κ2) is 10.1. The standard InChI is InChI=1S/C22H30O4/c1-4-6-7-8-9-10-12-21(23)25-17-13-14-18-16(3)19(11-5-2)22(24)26-20(18)15-17/h13-15H,4-12H2,1-3H3. The lowest BCUT2D eigenvalue weighted by Gasteiger charge is -2.09. The van der Waals surface area contributed by atoms with E-state index in [1.807, 2.05) is 19.9 Å². The molecule has 4 heteroatoms. The molecule has 0 saturated carbocycles. The number of rotatable bonds is 10. The van der Waals surface area contributed by atoms with Crippen LogP contribution in [0.15, 0.2) is 27.4 Å². The molecule has 1 aromatic carbocycles. The number of esters is 1. The zero-order valence-electron chi connectivity index (χ0n) is 16.2. The number of carbonyl (C=O) groups excluding carboxylic acids is 1. The van der Waals surface area contributed by atoms with Crippen molar-refractivity contribution in [3.8, 4) is 5.75 Å². The summed E-state index contributed by atoms with van der Waals surface area (Å²) < 4.78 is 10.8. The summed E-state index contributed by atoms with van der Waals surface area (Å²) in [6.07, 6.45) is 8.81. The van der Waals surface area contributed by atoms with Gasteiger partial charge in [-0.2, -0.15) is 0 Å². The van der Waals surface area contributed by atoms with Crippen LogP contribution in [0.4, 0.5) is 0 Å². The molecule has 0 spiro atoms. The maximum atomic E-state index is 12.2. The molecule has 0 aliphatic carbocycles. The Morgan fingerprint density at radius 1 is 1.04 bits per heavy atom. The van der Waals surface area contributed by atoms with E-state index in [4.69, 9.17) is 9.15 Å². The van der Waals surface area contributed by atoms with Crippen molar-refractivity contribution in [1.82, 2.24) is 0 Å². The Morgan fingerprint density at radius 3 is 2.50 bits per heavy atom. The lowest BCUT2D eigenvalue weighted by molar-refractivity contribution is -0.134. The molecule has 0 saturated heterocycles. The van der Waals surface area contributed by atoms with Crippen molar-refractivity contribution in [3.63, 3.8) is 0 Å². The van der Waals surface area contributed by atoms with Crippen LogP contribution >= 0.6 is 0 Å². The van der Waals surface area contributed by atoms with Gasteiger partial charge < -0.3 is 9.15 Å². The summed E-state index contributed by atoms with van der Waals surface area (Å²) in [5.41, 5.74) is 1.85. The largest absolute Gasteiger partial charge is 0.426 e. The van der Waals surface area contributed by atoms with Crippen LogP contribution in [0.1, 0.15) is 76.3 Å². The summed E-state index contributed by atoms with van der Waals surface area (Å²) in [6, 6.07) is 5.27. The van der Waals surface area contributed by atoms with Crippen molar-refractivity contribution in [2.45, 2.75) is 78.6 Å². The lowest BCUT2D eigenvalue weighted by atomic mass is 10.0. The molecule has 0 atom stereocenters. The quantitative estimate of drug-likeness (QED) is 0.236. The van der Waals surface area contributed by atoms with E-state index < -0.39 is 0 Å². The van der Waals surface area contributed by atoms with Gasteiger partial charge in [-0.05, 0) is 37.5 Å². The van der Waals surface area contributed by atoms with E-state index >= 15 is 0 Å². The number of unbranched alkanes of at least 4 members (excludes halogenated alkanes) is 5. The molecule has 1 heterocycles. The zero-order chi connectivity index (χ0) is 18.9. The van der Waals surface area contributed by atoms with E-state index in [1.165, 1.54) is 25.7 Å². The van der Waals surface area contributed by atoms with Gasteiger partial charge >= 0.3 is 11.6 Å². The minimum absolute atomic E-state index is 0.235. The van der Waals surface area contributed by atoms with Gasteiger partial charge in [0.25, 0.3) is 0 Å². The van der Waals surface area contributed by atoms with E-state index in [-0.39, 0.29) is 11.6 Å². The third-order valence-electron chi connectivity index (χ3n) is 4.72. The average Bonchev–Trinajstić information content (AvgIpc) is 2.61. The van der Waals surface area contributed by atoms with Crippen LogP contribution in [0.25, 0.3) is 11.0 Å². The first-order chi connectivity index (χ1) is 12.6. The summed E-state index contributed by atoms with van der Waals surface area (Å²) in [6.45, 7) is 6.17. The van der Waals surface area contributed by atoms with E-state index in [0.29, 0.717) is 24.2 Å². The fraction of sp³-hybridized carbons (Fsp3) is 0.545. The minimum Gasteiger partial charge on any atom is -0.426 e. The van der Waals surface area contributed by atoms with Crippen molar-refractivity contribution in [3.05, 3.63) is 39.7 Å². The highest BCUT2D eigenvalue weighted by Crippen LogP contribution is 2.25. The Morgan fingerprint density at radius 2 is 1.77 bits per heavy atom. The molecule has 0 bridgehead atoms. The molecule has 0 radical (unpaired) electrons. The molecule has 0 amide bonds. The number of fused-ring (bicyclic) bond motifs is 1. The second-order valence-electron chi connectivity index (χ2n) is 6.89. The van der Waals surface area contributed by atoms with E-state index in [1.54, 1.807) is 12.1 Å². The predicted molar refractivity (Wildman–Crippen MR) is 105 cm³/mol. The van der Waals surface area contributed by atoms with E-state index in [9.17, 15) is 9.59 Å². The van der Waals surface area contributed by atoms with Crippen LogP contribution in [-0.2, 0) is 11.2 Å². The molecule has 26 heavy (non-hydrogen) atoms. The van der Waals surface area contributed by atoms with E-state index in [2.05, 4.69) is 6.92 Å². The van der Waals surface area contributed by atoms with Crippen molar-refractivity contribution in [2.24, 2.45) is 0 Å². The molecule has 2 aromatic rings. The fourth-order valence-electron chi connectivity index (χ4n) is 3.21. The van der Waals surface area contributed by atoms with Crippen molar-refractivity contribution < 1.29 is 13.9 Å². The molecule has 0 fully saturated rings. The first-order valence-electron chi connectivity index (χ1n) is 9.83. The molecule has 0 aliphatic heterocycles. The van der Waals surface area contributed by atoms with Crippen molar-refractivity contribution in [1.29, 1.82) is 0 Å². The number of benzene rings is 1. The summed E-state index contributed by atoms with van der Waals surface area (Å²) in [5, 5.41) is 0.892. The van der Waals surface area contributed by atoms with Gasteiger partial charge in [0.2, 0.25) is 0 Å². The zero-order valence-corrected chi connectivity index (χ0v) is 16.2. The third kappa shape index (κ3) is 5.45. The topological polar surface area (TPSA) is 56.5 Å². The highest BCUT2D eigenvalue weighted by atomic mass is 16.5. The molecule has 1 aromatic heterocycles. The van der Waals surface area contributed by atoms with Crippen LogP contribution < -0.4 is 10.4 Å². The summed E-state index contributed by atoms with van der Waals surface area (Å²) >= 11 is 0. The first kappa shape index (κ1) is 20.2. The number of hydrogen-bond acceptors (Lipinski definition) is 4. The lowest BCUT2D eigenvalue weighted by Crippen LogP contribution is -2.10. The average molecular weight is 358 g/mol. The van der Waals surface area contributed by atoms with Crippen LogP contribution in [0.5, 0.6) is 5.75 Å². The summed E-state index contributed by atoms with van der Waals surface area (Å²) in [4.78, 5) is 24.1. The first-order valence-corrected chi connectivity index (χ1v) is 9.83. The normalized spacial score (nSPS) is 11.0. The van der Waals surface area contributed by atoms with Gasteiger partial charge in [0, 0.05) is 23.4 Å². The maximum absolute atomic E-state index is 12.2. The predicted octanol–water partition coefficient (Wildman–Crippen LogP) is 5.71. The molecule has 142 valence electrons. The Hall–Kier alpha value is -2.10. The third-order valence-corrected chi connectivity index (χ3v) is 4.72. The van der Waals surface area contributed by atoms with Crippen LogP contribution in [0, 0.1) is 6.92 Å². The monoisotopic (exact) mass is 358 g/mol. The second-order valence-corrected chi connectivity index (χ2v) is 6.89. The Bertz CT molecular complexity index is 789. The Kier molecular flexibility index (Phi) is 7.89. The van der Waals surface area contributed by atoms with Gasteiger partial charge in [-0.25, -0.2) is 4.79 Å². The number of ether oxygens (including phenoxy) is 1. The number of aryl methyl sites for hydroxylation is 1. The van der Waals surface area contributed by atoms with Gasteiger partial charge in [0.05, 0.1) is 0 Å². The van der Waals surface area contributed by atoms with Gasteiger partial charge in [0.1, 0.15) is 11.3 Å². The Balaban J connectivity index is 1.99. The summed E-state index contributed by atoms with van der Waals surface area (Å²) in [5.74, 6) is 0.195. The van der Waals surface area contributed by atoms with Gasteiger partial charge in [-0.15, -0.1) is 0 Å². The molecule has 2 rings (SSSR count). The van der Waals surface area contributed by atoms with E-state index in [0.717, 1.165) is 35.8 Å². The minimum atomic E-state index is -0.299. The number of hydrogen-bond donors (Lipinski definition) is 0. The van der Waals surface area contributed by atoms with Gasteiger partial charge in [-0.1, -0.05) is 52.4 Å². The molecule has 0 unspecified atom stereocenters. The van der Waals surface area contributed by atoms with Crippen molar-refractivity contribution >= 4 is 16.9 Å². The molecule has 4 nitrogen and oxygen atoms in total. The highest BCUT2D eigenvalue weighted by molar-refractivity contribution is 5.83. The van der Waals surface area contributed by atoms with Gasteiger partial charge in [0.15, 0.2) is 0 Å². The maximum Gasteiger partial charge on any atom is 0.339 e. The van der Waals surface area contributed by atoms with Gasteiger partial charge in [-0.3, -0.25) is 4.79 Å². The smallest absolute Gasteiger partial charge is 0.339 e. The van der Waals surface area contributed by atoms with Crippen LogP contribution in [0.3, 0.4) is 0 Å². The Labute approximate surface area is 155 Å². The SMILES string of the molecule is CCCCCCCCC(=O)Oc1ccc2c(C)c(CCC)c(=O)oc2c1. The molecule has 0 N–H and O–H groups in total. The molecular weight excluding hydrogens is 328 g/mol. The van der Waals surface area contributed by atoms with Crippen LogP contribution in [-0.4, -0.2) is 5.97 Å². The van der Waals surface area contributed by atoms with Crippen molar-refractivity contribution in [2.75, 3.05) is 0 Å².